The second-order valence-corrected chi connectivity index (χ2v) is 7.11. The molecule has 134 valence electrons. The lowest BCUT2D eigenvalue weighted by molar-refractivity contribution is 0.0117. The molecule has 25 heavy (non-hydrogen) atoms. The van der Waals surface area contributed by atoms with Gasteiger partial charge in [-0.2, -0.15) is 0 Å². The predicted molar refractivity (Wildman–Crippen MR) is 100 cm³/mol. The maximum atomic E-state index is 13.2. The monoisotopic (exact) mass is 458 g/mol. The van der Waals surface area contributed by atoms with Gasteiger partial charge < -0.3 is 14.5 Å². The largest absolute Gasteiger partial charge is 0.465 e. The summed E-state index contributed by atoms with van der Waals surface area (Å²) in [6.45, 7) is 5.22. The average Bonchev–Trinajstić information content (AvgIpc) is 3.02. The number of hydrogen-bond donors (Lipinski definition) is 1. The third kappa shape index (κ3) is 4.59. The van der Waals surface area contributed by atoms with Crippen LogP contribution < -0.4 is 5.32 Å². The fourth-order valence-corrected chi connectivity index (χ4v) is 3.61. The molecule has 1 atom stereocenters. The van der Waals surface area contributed by atoms with Crippen LogP contribution in [0.2, 0.25) is 0 Å². The molecule has 0 radical (unpaired) electrons. The molecule has 1 unspecified atom stereocenters. The van der Waals surface area contributed by atoms with Crippen molar-refractivity contribution in [2.45, 2.75) is 13.0 Å². The van der Waals surface area contributed by atoms with Gasteiger partial charge in [0.05, 0.1) is 24.8 Å². The minimum Gasteiger partial charge on any atom is -0.465 e. The normalized spacial score (nSPS) is 16.6. The molecule has 0 aliphatic carbocycles. The van der Waals surface area contributed by atoms with Crippen molar-refractivity contribution in [3.05, 3.63) is 56.8 Å². The van der Waals surface area contributed by atoms with E-state index in [0.29, 0.717) is 28.9 Å². The molecule has 5 nitrogen and oxygen atoms in total. The molecule has 1 aliphatic heterocycles. The number of nitrogens with one attached hydrogen (secondary N) is 1. The number of ether oxygens (including phenoxy) is 1. The van der Waals surface area contributed by atoms with Gasteiger partial charge in [-0.05, 0) is 59.8 Å². The van der Waals surface area contributed by atoms with Crippen LogP contribution >= 0.6 is 22.6 Å². The van der Waals surface area contributed by atoms with Gasteiger partial charge in [-0.25, -0.2) is 4.39 Å². The van der Waals surface area contributed by atoms with Crippen LogP contribution in [-0.4, -0.2) is 43.7 Å². The van der Waals surface area contributed by atoms with E-state index < -0.39 is 0 Å². The first-order chi connectivity index (χ1) is 12.0. The maximum Gasteiger partial charge on any atom is 0.252 e. The third-order valence-electron chi connectivity index (χ3n) is 4.21. The van der Waals surface area contributed by atoms with E-state index in [9.17, 15) is 9.18 Å². The Morgan fingerprint density at radius 1 is 1.32 bits per heavy atom. The Labute approximate surface area is 159 Å². The number of carbonyl (C=O) groups is 1. The van der Waals surface area contributed by atoms with E-state index in [-0.39, 0.29) is 17.8 Å². The summed E-state index contributed by atoms with van der Waals surface area (Å²) in [4.78, 5) is 14.7. The van der Waals surface area contributed by atoms with Crippen molar-refractivity contribution in [3.8, 4) is 0 Å². The van der Waals surface area contributed by atoms with Gasteiger partial charge in [-0.3, -0.25) is 9.69 Å². The van der Waals surface area contributed by atoms with Crippen LogP contribution in [0.15, 0.2) is 34.7 Å². The van der Waals surface area contributed by atoms with E-state index in [1.54, 1.807) is 0 Å². The number of furan rings is 1. The first kappa shape index (κ1) is 18.3. The minimum atomic E-state index is -0.349. The van der Waals surface area contributed by atoms with Gasteiger partial charge in [0.25, 0.3) is 5.91 Å². The zero-order valence-electron chi connectivity index (χ0n) is 13.9. The van der Waals surface area contributed by atoms with Crippen molar-refractivity contribution in [1.29, 1.82) is 0 Å². The highest BCUT2D eigenvalue weighted by molar-refractivity contribution is 14.1. The number of carbonyl (C=O) groups excluding carboxylic acids is 1. The quantitative estimate of drug-likeness (QED) is 0.700. The molecule has 1 aliphatic rings. The second kappa shape index (κ2) is 8.29. The lowest BCUT2D eigenvalue weighted by Gasteiger charge is -2.33. The molecular weight excluding hydrogens is 438 g/mol. The lowest BCUT2D eigenvalue weighted by Crippen LogP contribution is -2.43. The summed E-state index contributed by atoms with van der Waals surface area (Å²) in [5, 5.41) is 2.96. The number of aryl methyl sites for hydroxylation is 1. The summed E-state index contributed by atoms with van der Waals surface area (Å²) >= 11 is 1.97. The molecule has 2 aromatic rings. The number of rotatable bonds is 5. The van der Waals surface area contributed by atoms with Crippen molar-refractivity contribution in [2.24, 2.45) is 0 Å². The van der Waals surface area contributed by atoms with Gasteiger partial charge in [-0.1, -0.05) is 0 Å². The van der Waals surface area contributed by atoms with E-state index >= 15 is 0 Å². The minimum absolute atomic E-state index is 0.0559. The smallest absolute Gasteiger partial charge is 0.252 e. The number of amides is 1. The fraction of sp³-hybridized carbons (Fsp3) is 0.389. The van der Waals surface area contributed by atoms with Crippen LogP contribution in [0.4, 0.5) is 4.39 Å². The summed E-state index contributed by atoms with van der Waals surface area (Å²) in [6, 6.07) is 7.97. The Morgan fingerprint density at radius 2 is 2.08 bits per heavy atom. The Bertz CT molecular complexity index is 744. The molecule has 1 fully saturated rings. The number of halogens is 2. The van der Waals surface area contributed by atoms with Crippen molar-refractivity contribution in [3.63, 3.8) is 0 Å². The highest BCUT2D eigenvalue weighted by atomic mass is 127. The average molecular weight is 458 g/mol. The van der Waals surface area contributed by atoms with Gasteiger partial charge in [0.1, 0.15) is 17.3 Å². The van der Waals surface area contributed by atoms with Crippen molar-refractivity contribution in [1.82, 2.24) is 10.2 Å². The van der Waals surface area contributed by atoms with Gasteiger partial charge in [0, 0.05) is 23.2 Å². The standard InChI is InChI=1S/C18H20FIN2O3/c1-12-2-5-17(25-12)16(22-6-8-24-9-7-22)11-21-18(23)14-4-3-13(19)10-15(14)20/h2-5,10,16H,6-9,11H2,1H3,(H,21,23). The van der Waals surface area contributed by atoms with Crippen LogP contribution in [0.25, 0.3) is 0 Å². The Kier molecular flexibility index (Phi) is 6.08. The summed E-state index contributed by atoms with van der Waals surface area (Å²) in [5.74, 6) is 1.10. The lowest BCUT2D eigenvalue weighted by atomic mass is 10.1. The second-order valence-electron chi connectivity index (χ2n) is 5.95. The van der Waals surface area contributed by atoms with Crippen molar-refractivity contribution in [2.75, 3.05) is 32.8 Å². The molecule has 3 rings (SSSR count). The van der Waals surface area contributed by atoms with Crippen LogP contribution in [0.3, 0.4) is 0 Å². The Hall–Kier alpha value is -1.45. The number of benzene rings is 1. The zero-order chi connectivity index (χ0) is 17.8. The summed E-state index contributed by atoms with van der Waals surface area (Å²) in [5.41, 5.74) is 0.471. The van der Waals surface area contributed by atoms with E-state index in [1.807, 2.05) is 41.6 Å². The predicted octanol–water partition coefficient (Wildman–Crippen LogP) is 3.14. The molecular formula is C18H20FIN2O3. The van der Waals surface area contributed by atoms with Crippen LogP contribution in [-0.2, 0) is 4.74 Å². The van der Waals surface area contributed by atoms with Crippen LogP contribution in [0.1, 0.15) is 27.9 Å². The zero-order valence-corrected chi connectivity index (χ0v) is 16.1. The molecule has 1 saturated heterocycles. The summed E-state index contributed by atoms with van der Waals surface area (Å²) in [7, 11) is 0. The first-order valence-electron chi connectivity index (χ1n) is 8.16. The van der Waals surface area contributed by atoms with Crippen LogP contribution in [0.5, 0.6) is 0 Å². The highest BCUT2D eigenvalue weighted by Gasteiger charge is 2.26. The molecule has 0 spiro atoms. The highest BCUT2D eigenvalue weighted by Crippen LogP contribution is 2.23. The first-order valence-corrected chi connectivity index (χ1v) is 9.24. The van der Waals surface area contributed by atoms with Crippen LogP contribution in [0, 0.1) is 16.3 Å². The van der Waals surface area contributed by atoms with Gasteiger partial charge >= 0.3 is 0 Å². The fourth-order valence-electron chi connectivity index (χ4n) is 2.89. The van der Waals surface area contributed by atoms with E-state index in [1.165, 1.54) is 18.2 Å². The summed E-state index contributed by atoms with van der Waals surface area (Å²) in [6.07, 6.45) is 0. The van der Waals surface area contributed by atoms with Gasteiger partial charge in [0.2, 0.25) is 0 Å². The molecule has 1 amide bonds. The molecule has 1 N–H and O–H groups in total. The molecule has 0 bridgehead atoms. The number of hydrogen-bond acceptors (Lipinski definition) is 4. The van der Waals surface area contributed by atoms with Crippen molar-refractivity contribution < 1.29 is 18.3 Å². The number of nitrogens with zero attached hydrogens (tertiary/aromatic N) is 1. The van der Waals surface area contributed by atoms with E-state index in [4.69, 9.17) is 9.15 Å². The molecule has 1 aromatic heterocycles. The number of morpholine rings is 1. The molecule has 7 heteroatoms. The maximum absolute atomic E-state index is 13.2. The summed E-state index contributed by atoms with van der Waals surface area (Å²) < 4.78 is 25.0. The van der Waals surface area contributed by atoms with Gasteiger partial charge in [-0.15, -0.1) is 0 Å². The topological polar surface area (TPSA) is 54.7 Å². The third-order valence-corrected chi connectivity index (χ3v) is 5.10. The Morgan fingerprint density at radius 3 is 2.72 bits per heavy atom. The van der Waals surface area contributed by atoms with Gasteiger partial charge in [0.15, 0.2) is 0 Å². The molecule has 2 heterocycles. The van der Waals surface area contributed by atoms with E-state index in [2.05, 4.69) is 10.2 Å². The van der Waals surface area contributed by atoms with Crippen molar-refractivity contribution >= 4 is 28.5 Å². The molecule has 1 aromatic carbocycles. The molecule has 0 saturated carbocycles. The SMILES string of the molecule is Cc1ccc(C(CNC(=O)c2ccc(F)cc2I)N2CCOCC2)o1. The Balaban J connectivity index is 1.72. The van der Waals surface area contributed by atoms with E-state index in [0.717, 1.165) is 24.6 Å².